The van der Waals surface area contributed by atoms with Crippen molar-refractivity contribution >= 4 is 0 Å². The van der Waals surface area contributed by atoms with Gasteiger partial charge in [0.1, 0.15) is 5.75 Å². The molecule has 0 amide bonds. The molecule has 3 rings (SSSR count). The van der Waals surface area contributed by atoms with E-state index in [4.69, 9.17) is 4.74 Å². The van der Waals surface area contributed by atoms with Crippen LogP contribution in [0, 0.1) is 0 Å². The molecule has 2 aromatic rings. The molecule has 1 aliphatic carbocycles. The molecule has 4 heteroatoms. The summed E-state index contributed by atoms with van der Waals surface area (Å²) in [4.78, 5) is 11.8. The van der Waals surface area contributed by atoms with Gasteiger partial charge in [-0.2, -0.15) is 5.10 Å². The highest BCUT2D eigenvalue weighted by Gasteiger charge is 2.18. The Morgan fingerprint density at radius 3 is 2.47 bits per heavy atom. The molecule has 4 nitrogen and oxygen atoms in total. The first-order valence-electron chi connectivity index (χ1n) is 6.54. The number of nitrogens with one attached hydrogen (secondary N) is 1. The molecular formula is C15H16N2O2. The van der Waals surface area contributed by atoms with Crippen LogP contribution in [0.25, 0.3) is 11.3 Å². The van der Waals surface area contributed by atoms with Crippen molar-refractivity contribution < 1.29 is 4.74 Å². The number of methoxy groups -OCH3 is 1. The van der Waals surface area contributed by atoms with Crippen molar-refractivity contribution in [3.8, 4) is 17.0 Å². The number of ether oxygens (including phenoxy) is 1. The summed E-state index contributed by atoms with van der Waals surface area (Å²) in [6, 6.07) is 7.79. The number of H-pyrrole nitrogens is 1. The fourth-order valence-electron chi connectivity index (χ4n) is 2.65. The minimum atomic E-state index is -0.0352. The van der Waals surface area contributed by atoms with Gasteiger partial charge in [0, 0.05) is 11.1 Å². The third-order valence-corrected chi connectivity index (χ3v) is 3.66. The summed E-state index contributed by atoms with van der Waals surface area (Å²) in [7, 11) is 1.65. The Kier molecular flexibility index (Phi) is 3.07. The van der Waals surface area contributed by atoms with E-state index in [9.17, 15) is 4.79 Å². The Hall–Kier alpha value is -2.10. The topological polar surface area (TPSA) is 55.0 Å². The van der Waals surface area contributed by atoms with Gasteiger partial charge in [-0.3, -0.25) is 4.79 Å². The smallest absolute Gasteiger partial charge is 0.267 e. The lowest BCUT2D eigenvalue weighted by Crippen LogP contribution is -2.21. The van der Waals surface area contributed by atoms with Gasteiger partial charge in [-0.05, 0) is 55.5 Å². The molecule has 0 atom stereocenters. The largest absolute Gasteiger partial charge is 0.497 e. The van der Waals surface area contributed by atoms with Gasteiger partial charge < -0.3 is 4.74 Å². The number of rotatable bonds is 2. The monoisotopic (exact) mass is 256 g/mol. The second-order valence-electron chi connectivity index (χ2n) is 4.79. The SMILES string of the molecule is COc1ccc(-c2n[nH]c(=O)c3c2CCCC3)cc1. The fourth-order valence-corrected chi connectivity index (χ4v) is 2.65. The summed E-state index contributed by atoms with van der Waals surface area (Å²) in [5, 5.41) is 6.86. The predicted octanol–water partition coefficient (Wildman–Crippen LogP) is 2.32. The van der Waals surface area contributed by atoms with Crippen LogP contribution in [0.1, 0.15) is 24.0 Å². The summed E-state index contributed by atoms with van der Waals surface area (Å²) < 4.78 is 5.16. The number of aromatic nitrogens is 2. The number of benzene rings is 1. The molecule has 1 aromatic carbocycles. The molecule has 1 heterocycles. The number of nitrogens with zero attached hydrogens (tertiary/aromatic N) is 1. The highest BCUT2D eigenvalue weighted by molar-refractivity contribution is 5.65. The van der Waals surface area contributed by atoms with E-state index in [1.807, 2.05) is 24.3 Å². The maximum absolute atomic E-state index is 11.8. The summed E-state index contributed by atoms with van der Waals surface area (Å²) >= 11 is 0. The van der Waals surface area contributed by atoms with Gasteiger partial charge in [-0.1, -0.05) is 0 Å². The van der Waals surface area contributed by atoms with E-state index < -0.39 is 0 Å². The molecule has 1 aliphatic rings. The zero-order chi connectivity index (χ0) is 13.2. The van der Waals surface area contributed by atoms with E-state index in [0.29, 0.717) is 0 Å². The number of aromatic amines is 1. The van der Waals surface area contributed by atoms with Gasteiger partial charge in [0.25, 0.3) is 5.56 Å². The predicted molar refractivity (Wildman–Crippen MR) is 73.5 cm³/mol. The van der Waals surface area contributed by atoms with Crippen molar-refractivity contribution in [1.29, 1.82) is 0 Å². The van der Waals surface area contributed by atoms with Crippen LogP contribution in [0.15, 0.2) is 29.1 Å². The van der Waals surface area contributed by atoms with E-state index in [2.05, 4.69) is 10.2 Å². The summed E-state index contributed by atoms with van der Waals surface area (Å²) in [6.45, 7) is 0. The van der Waals surface area contributed by atoms with Crippen LogP contribution in [0.4, 0.5) is 0 Å². The second-order valence-corrected chi connectivity index (χ2v) is 4.79. The van der Waals surface area contributed by atoms with Crippen molar-refractivity contribution in [2.24, 2.45) is 0 Å². The van der Waals surface area contributed by atoms with Crippen LogP contribution in [0.3, 0.4) is 0 Å². The van der Waals surface area contributed by atoms with E-state index in [1.54, 1.807) is 7.11 Å². The summed E-state index contributed by atoms with van der Waals surface area (Å²) in [6.07, 6.45) is 4.01. The first-order valence-corrected chi connectivity index (χ1v) is 6.54. The Morgan fingerprint density at radius 1 is 1.11 bits per heavy atom. The van der Waals surface area contributed by atoms with Crippen LogP contribution >= 0.6 is 0 Å². The molecule has 1 aromatic heterocycles. The molecule has 0 radical (unpaired) electrons. The lowest BCUT2D eigenvalue weighted by molar-refractivity contribution is 0.415. The molecule has 0 unspecified atom stereocenters. The third kappa shape index (κ3) is 2.14. The number of hydrogen-bond donors (Lipinski definition) is 1. The van der Waals surface area contributed by atoms with Crippen molar-refractivity contribution in [1.82, 2.24) is 10.2 Å². The molecule has 0 bridgehead atoms. The van der Waals surface area contributed by atoms with Gasteiger partial charge in [-0.15, -0.1) is 0 Å². The fraction of sp³-hybridized carbons (Fsp3) is 0.333. The molecule has 0 spiro atoms. The van der Waals surface area contributed by atoms with Gasteiger partial charge in [0.05, 0.1) is 12.8 Å². The van der Waals surface area contributed by atoms with Crippen molar-refractivity contribution in [3.63, 3.8) is 0 Å². The van der Waals surface area contributed by atoms with Gasteiger partial charge in [0.2, 0.25) is 0 Å². The van der Waals surface area contributed by atoms with E-state index >= 15 is 0 Å². The maximum Gasteiger partial charge on any atom is 0.267 e. The first-order chi connectivity index (χ1) is 9.29. The van der Waals surface area contributed by atoms with Crippen molar-refractivity contribution in [3.05, 3.63) is 45.7 Å². The van der Waals surface area contributed by atoms with E-state index in [0.717, 1.165) is 53.8 Å². The highest BCUT2D eigenvalue weighted by atomic mass is 16.5. The molecule has 0 fully saturated rings. The zero-order valence-corrected chi connectivity index (χ0v) is 10.9. The Bertz CT molecular complexity index is 644. The molecule has 19 heavy (non-hydrogen) atoms. The van der Waals surface area contributed by atoms with Crippen molar-refractivity contribution in [2.45, 2.75) is 25.7 Å². The van der Waals surface area contributed by atoms with Crippen LogP contribution in [-0.4, -0.2) is 17.3 Å². The Balaban J connectivity index is 2.11. The summed E-state index contributed by atoms with van der Waals surface area (Å²) in [5.41, 5.74) is 3.91. The van der Waals surface area contributed by atoms with Crippen molar-refractivity contribution in [2.75, 3.05) is 7.11 Å². The van der Waals surface area contributed by atoms with Gasteiger partial charge in [-0.25, -0.2) is 5.10 Å². The minimum absolute atomic E-state index is 0.0352. The lowest BCUT2D eigenvalue weighted by Gasteiger charge is -2.17. The van der Waals surface area contributed by atoms with E-state index in [1.165, 1.54) is 0 Å². The Labute approximate surface area is 111 Å². The van der Waals surface area contributed by atoms with E-state index in [-0.39, 0.29) is 5.56 Å². The third-order valence-electron chi connectivity index (χ3n) is 3.66. The molecule has 98 valence electrons. The Morgan fingerprint density at radius 2 is 1.79 bits per heavy atom. The number of fused-ring (bicyclic) bond motifs is 1. The second kappa shape index (κ2) is 4.88. The average Bonchev–Trinajstić information content (AvgIpc) is 2.48. The molecular weight excluding hydrogens is 240 g/mol. The molecule has 0 saturated carbocycles. The number of hydrogen-bond acceptors (Lipinski definition) is 3. The van der Waals surface area contributed by atoms with Crippen LogP contribution in [0.2, 0.25) is 0 Å². The van der Waals surface area contributed by atoms with Gasteiger partial charge >= 0.3 is 0 Å². The zero-order valence-electron chi connectivity index (χ0n) is 10.9. The highest BCUT2D eigenvalue weighted by Crippen LogP contribution is 2.28. The van der Waals surface area contributed by atoms with Gasteiger partial charge in [0.15, 0.2) is 0 Å². The average molecular weight is 256 g/mol. The maximum atomic E-state index is 11.8. The van der Waals surface area contributed by atoms with Crippen LogP contribution in [-0.2, 0) is 12.8 Å². The quantitative estimate of drug-likeness (QED) is 0.897. The standard InChI is InChI=1S/C15H16N2O2/c1-19-11-8-6-10(7-9-11)14-12-4-2-3-5-13(12)15(18)17-16-14/h6-9H,2-5H2,1H3,(H,17,18). The molecule has 1 N–H and O–H groups in total. The minimum Gasteiger partial charge on any atom is -0.497 e. The molecule has 0 saturated heterocycles. The molecule has 0 aliphatic heterocycles. The first kappa shape index (κ1) is 12.0. The van der Waals surface area contributed by atoms with Crippen LogP contribution < -0.4 is 10.3 Å². The van der Waals surface area contributed by atoms with Crippen LogP contribution in [0.5, 0.6) is 5.75 Å². The normalized spacial score (nSPS) is 13.9. The summed E-state index contributed by atoms with van der Waals surface area (Å²) in [5.74, 6) is 0.821. The lowest BCUT2D eigenvalue weighted by atomic mass is 9.90.